The monoisotopic (exact) mass is 191 g/mol. The molecule has 1 aliphatic heterocycles. The number of hydrogen-bond donors (Lipinski definition) is 1. The van der Waals surface area contributed by atoms with E-state index in [1.54, 1.807) is 10.9 Å². The van der Waals surface area contributed by atoms with Crippen molar-refractivity contribution in [1.82, 2.24) is 9.78 Å². The molecule has 74 valence electrons. The van der Waals surface area contributed by atoms with Crippen LogP contribution in [0, 0.1) is 5.41 Å². The van der Waals surface area contributed by atoms with E-state index in [0.29, 0.717) is 5.70 Å². The summed E-state index contributed by atoms with van der Waals surface area (Å²) >= 11 is 0. The maximum absolute atomic E-state index is 11.2. The molecule has 14 heavy (non-hydrogen) atoms. The largest absolute Gasteiger partial charge is 0.364 e. The van der Waals surface area contributed by atoms with E-state index < -0.39 is 5.91 Å². The van der Waals surface area contributed by atoms with E-state index in [9.17, 15) is 4.79 Å². The van der Waals surface area contributed by atoms with E-state index >= 15 is 0 Å². The van der Waals surface area contributed by atoms with Gasteiger partial charge in [0.05, 0.1) is 0 Å². The van der Waals surface area contributed by atoms with E-state index in [4.69, 9.17) is 5.73 Å². The number of amides is 1. The van der Waals surface area contributed by atoms with E-state index in [-0.39, 0.29) is 5.41 Å². The smallest absolute Gasteiger partial charge is 0.267 e. The number of nitrogens with two attached hydrogens (primary N) is 1. The van der Waals surface area contributed by atoms with Crippen LogP contribution in [0.3, 0.4) is 0 Å². The Kier molecular flexibility index (Phi) is 1.74. The van der Waals surface area contributed by atoms with Gasteiger partial charge in [-0.2, -0.15) is 5.10 Å². The van der Waals surface area contributed by atoms with Gasteiger partial charge < -0.3 is 5.73 Å². The lowest BCUT2D eigenvalue weighted by atomic mass is 9.84. The van der Waals surface area contributed by atoms with Gasteiger partial charge in [-0.1, -0.05) is 13.8 Å². The molecule has 0 saturated carbocycles. The highest BCUT2D eigenvalue weighted by atomic mass is 16.1. The lowest BCUT2D eigenvalue weighted by molar-refractivity contribution is -0.113. The average Bonchev–Trinajstić information content (AvgIpc) is 2.47. The molecule has 1 aromatic heterocycles. The maximum atomic E-state index is 11.2. The molecule has 2 heterocycles. The van der Waals surface area contributed by atoms with E-state index in [2.05, 4.69) is 18.9 Å². The van der Waals surface area contributed by atoms with Crippen molar-refractivity contribution < 1.29 is 4.79 Å². The van der Waals surface area contributed by atoms with Gasteiger partial charge in [0.1, 0.15) is 5.70 Å². The number of allylic oxidation sites excluding steroid dienone is 1. The van der Waals surface area contributed by atoms with Gasteiger partial charge >= 0.3 is 0 Å². The van der Waals surface area contributed by atoms with Crippen LogP contribution in [-0.4, -0.2) is 15.7 Å². The molecule has 0 bridgehead atoms. The van der Waals surface area contributed by atoms with Gasteiger partial charge in [0.15, 0.2) is 0 Å². The third-order valence-corrected chi connectivity index (χ3v) is 2.37. The molecule has 1 aliphatic rings. The van der Waals surface area contributed by atoms with Gasteiger partial charge in [0.2, 0.25) is 0 Å². The molecule has 0 saturated heterocycles. The van der Waals surface area contributed by atoms with Gasteiger partial charge in [0, 0.05) is 11.9 Å². The van der Waals surface area contributed by atoms with Crippen molar-refractivity contribution in [1.29, 1.82) is 0 Å². The Morgan fingerprint density at radius 3 is 3.00 bits per heavy atom. The highest BCUT2D eigenvalue weighted by Gasteiger charge is 2.27. The molecule has 4 nitrogen and oxygen atoms in total. The predicted molar refractivity (Wildman–Crippen MR) is 53.2 cm³/mol. The lowest BCUT2D eigenvalue weighted by Crippen LogP contribution is -2.28. The molecule has 0 aliphatic carbocycles. The number of fused-ring (bicyclic) bond motifs is 1. The molecular formula is C10H13N3O. The molecule has 0 unspecified atom stereocenters. The molecule has 2 rings (SSSR count). The minimum Gasteiger partial charge on any atom is -0.364 e. The second-order valence-electron chi connectivity index (χ2n) is 4.29. The van der Waals surface area contributed by atoms with Crippen LogP contribution in [0.2, 0.25) is 0 Å². The summed E-state index contributed by atoms with van der Waals surface area (Å²) in [4.78, 5) is 11.2. The summed E-state index contributed by atoms with van der Waals surface area (Å²) in [7, 11) is 0. The molecule has 2 N–H and O–H groups in total. The normalized spacial score (nSPS) is 18.6. The highest BCUT2D eigenvalue weighted by Crippen LogP contribution is 2.31. The fourth-order valence-electron chi connectivity index (χ4n) is 1.81. The van der Waals surface area contributed by atoms with Crippen LogP contribution in [0.25, 0.3) is 5.70 Å². The topological polar surface area (TPSA) is 60.9 Å². The lowest BCUT2D eigenvalue weighted by Gasteiger charge is -2.27. The van der Waals surface area contributed by atoms with Crippen LogP contribution in [0.1, 0.15) is 19.5 Å². The quantitative estimate of drug-likeness (QED) is 0.713. The van der Waals surface area contributed by atoms with Gasteiger partial charge in [0.25, 0.3) is 5.91 Å². The molecule has 0 fully saturated rings. The van der Waals surface area contributed by atoms with Crippen molar-refractivity contribution in [3.8, 4) is 0 Å². The van der Waals surface area contributed by atoms with Crippen molar-refractivity contribution in [2.24, 2.45) is 11.1 Å². The van der Waals surface area contributed by atoms with Crippen molar-refractivity contribution in [2.45, 2.75) is 20.3 Å². The first-order chi connectivity index (χ1) is 6.49. The number of rotatable bonds is 1. The Morgan fingerprint density at radius 2 is 2.36 bits per heavy atom. The first-order valence-corrected chi connectivity index (χ1v) is 4.55. The van der Waals surface area contributed by atoms with Crippen LogP contribution in [0.15, 0.2) is 18.3 Å². The second-order valence-corrected chi connectivity index (χ2v) is 4.29. The average molecular weight is 191 g/mol. The second kappa shape index (κ2) is 2.70. The maximum Gasteiger partial charge on any atom is 0.267 e. The standard InChI is InChI=1S/C10H13N3O/c1-10(2)5-7-3-4-12-13(7)8(6-10)9(11)14/h3-4,6H,5H2,1-2H3,(H2,11,14). The summed E-state index contributed by atoms with van der Waals surface area (Å²) in [5.41, 5.74) is 6.77. The van der Waals surface area contributed by atoms with Crippen molar-refractivity contribution in [2.75, 3.05) is 0 Å². The van der Waals surface area contributed by atoms with E-state index in [1.807, 2.05) is 12.1 Å². The van der Waals surface area contributed by atoms with Gasteiger partial charge in [-0.05, 0) is 24.0 Å². The fourth-order valence-corrected chi connectivity index (χ4v) is 1.81. The molecule has 0 aromatic carbocycles. The SMILES string of the molecule is CC1(C)C=C(C(N)=O)n2nccc2C1. The van der Waals surface area contributed by atoms with Crippen LogP contribution in [0.5, 0.6) is 0 Å². The molecule has 1 amide bonds. The number of nitrogens with zero attached hydrogens (tertiary/aromatic N) is 2. The van der Waals surface area contributed by atoms with Crippen LogP contribution < -0.4 is 5.73 Å². The molecule has 0 radical (unpaired) electrons. The highest BCUT2D eigenvalue weighted by molar-refractivity contribution is 6.12. The molecule has 0 atom stereocenters. The number of carbonyl (C=O) groups excluding carboxylic acids is 1. The Morgan fingerprint density at radius 1 is 1.64 bits per heavy atom. The Hall–Kier alpha value is -1.58. The van der Waals surface area contributed by atoms with Crippen LogP contribution in [0.4, 0.5) is 0 Å². The summed E-state index contributed by atoms with van der Waals surface area (Å²) in [6.45, 7) is 4.15. The predicted octanol–water partition coefficient (Wildman–Crippen LogP) is 0.792. The minimum atomic E-state index is -0.428. The zero-order valence-electron chi connectivity index (χ0n) is 8.32. The zero-order chi connectivity index (χ0) is 10.3. The van der Waals surface area contributed by atoms with Crippen LogP contribution >= 0.6 is 0 Å². The Labute approximate surface area is 82.4 Å². The Bertz CT molecular complexity index is 415. The minimum absolute atomic E-state index is 0.0274. The third-order valence-electron chi connectivity index (χ3n) is 2.37. The first kappa shape index (κ1) is 8.99. The van der Waals surface area contributed by atoms with Crippen LogP contribution in [-0.2, 0) is 11.2 Å². The number of carbonyl (C=O) groups is 1. The number of primary amides is 1. The van der Waals surface area contributed by atoms with Crippen molar-refractivity contribution in [3.05, 3.63) is 24.0 Å². The zero-order valence-corrected chi connectivity index (χ0v) is 8.32. The summed E-state index contributed by atoms with van der Waals surface area (Å²) in [6.07, 6.45) is 4.45. The molecule has 0 spiro atoms. The van der Waals surface area contributed by atoms with Crippen molar-refractivity contribution in [3.63, 3.8) is 0 Å². The number of hydrogen-bond acceptors (Lipinski definition) is 2. The third kappa shape index (κ3) is 1.32. The molecular weight excluding hydrogens is 178 g/mol. The van der Waals surface area contributed by atoms with Crippen molar-refractivity contribution >= 4 is 11.6 Å². The number of aromatic nitrogens is 2. The van der Waals surface area contributed by atoms with E-state index in [1.165, 1.54) is 0 Å². The summed E-state index contributed by atoms with van der Waals surface area (Å²) in [6, 6.07) is 1.91. The first-order valence-electron chi connectivity index (χ1n) is 4.55. The summed E-state index contributed by atoms with van der Waals surface area (Å²) < 4.78 is 1.62. The Balaban J connectivity index is 2.57. The van der Waals surface area contributed by atoms with Gasteiger partial charge in [-0.25, -0.2) is 4.68 Å². The molecule has 1 aromatic rings. The van der Waals surface area contributed by atoms with Gasteiger partial charge in [-0.15, -0.1) is 0 Å². The molecule has 4 heteroatoms. The summed E-state index contributed by atoms with van der Waals surface area (Å²) in [5.74, 6) is -0.428. The fraction of sp³-hybridized carbons (Fsp3) is 0.400. The van der Waals surface area contributed by atoms with E-state index in [0.717, 1.165) is 12.1 Å². The summed E-state index contributed by atoms with van der Waals surface area (Å²) in [5, 5.41) is 4.07. The van der Waals surface area contributed by atoms with Gasteiger partial charge in [-0.3, -0.25) is 4.79 Å².